The number of rotatable bonds is 1. The second kappa shape index (κ2) is 5.79. The Kier molecular flexibility index (Phi) is 4.05. The van der Waals surface area contributed by atoms with Crippen LogP contribution in [-0.4, -0.2) is 44.4 Å². The number of ether oxygens (including phenoxy) is 1. The van der Waals surface area contributed by atoms with Crippen molar-refractivity contribution >= 4 is 17.7 Å². The van der Waals surface area contributed by atoms with Gasteiger partial charge in [-0.25, -0.2) is 4.79 Å². The van der Waals surface area contributed by atoms with Gasteiger partial charge >= 0.3 is 6.09 Å². The van der Waals surface area contributed by atoms with Gasteiger partial charge in [0.2, 0.25) is 5.91 Å². The highest BCUT2D eigenvalue weighted by molar-refractivity contribution is 5.96. The predicted octanol–water partition coefficient (Wildman–Crippen LogP) is 2.54. The second-order valence-electron chi connectivity index (χ2n) is 7.77. The molecule has 1 fully saturated rings. The van der Waals surface area contributed by atoms with Gasteiger partial charge in [-0.3, -0.25) is 14.4 Å². The fourth-order valence-corrected chi connectivity index (χ4v) is 3.35. The molecule has 24 heavy (non-hydrogen) atoms. The molecule has 1 aromatic heterocycles. The molecule has 2 aliphatic rings. The number of hydrogen-bond donors (Lipinski definition) is 0. The number of hydrogen-bond acceptors (Lipinski definition) is 4. The monoisotopic (exact) mass is 334 g/mol. The van der Waals surface area contributed by atoms with E-state index in [4.69, 9.17) is 4.74 Å². The van der Waals surface area contributed by atoms with E-state index in [2.05, 4.69) is 5.10 Å². The Labute approximate surface area is 142 Å². The summed E-state index contributed by atoms with van der Waals surface area (Å²) in [6, 6.07) is 0.160. The van der Waals surface area contributed by atoms with Crippen molar-refractivity contribution in [2.45, 2.75) is 78.2 Å². The molecule has 1 saturated heterocycles. The van der Waals surface area contributed by atoms with E-state index in [1.807, 2.05) is 44.2 Å². The van der Waals surface area contributed by atoms with Crippen LogP contribution in [0.3, 0.4) is 0 Å². The molecule has 0 bridgehead atoms. The Hall–Kier alpha value is -2.05. The molecule has 132 valence electrons. The van der Waals surface area contributed by atoms with E-state index in [-0.39, 0.29) is 24.1 Å². The maximum atomic E-state index is 12.5. The van der Waals surface area contributed by atoms with E-state index < -0.39 is 5.60 Å². The van der Waals surface area contributed by atoms with E-state index in [9.17, 15) is 9.59 Å². The minimum absolute atomic E-state index is 0.00759. The van der Waals surface area contributed by atoms with E-state index in [0.717, 1.165) is 17.8 Å². The van der Waals surface area contributed by atoms with E-state index in [1.54, 1.807) is 11.1 Å². The molecule has 0 aromatic carbocycles. The van der Waals surface area contributed by atoms with Crippen molar-refractivity contribution in [3.63, 3.8) is 0 Å². The minimum Gasteiger partial charge on any atom is -0.444 e. The molecule has 0 aliphatic carbocycles. The predicted molar refractivity (Wildman–Crippen MR) is 89.6 cm³/mol. The molecule has 1 aromatic rings. The van der Waals surface area contributed by atoms with Crippen LogP contribution in [0.1, 0.15) is 53.2 Å². The SMILES string of the molecule is C[C@H]1Cn2ncc(N3C(=O)CC[C@@H]3C)c2CN1C(=O)OC(C)(C)C. The second-order valence-corrected chi connectivity index (χ2v) is 7.77. The Morgan fingerprint density at radius 3 is 2.58 bits per heavy atom. The number of anilines is 1. The molecule has 3 heterocycles. The maximum Gasteiger partial charge on any atom is 0.410 e. The molecule has 0 N–H and O–H groups in total. The van der Waals surface area contributed by atoms with Gasteiger partial charge < -0.3 is 9.64 Å². The van der Waals surface area contributed by atoms with Crippen LogP contribution < -0.4 is 4.90 Å². The van der Waals surface area contributed by atoms with Crippen LogP contribution in [0.5, 0.6) is 0 Å². The van der Waals surface area contributed by atoms with Gasteiger partial charge in [0.05, 0.1) is 36.7 Å². The van der Waals surface area contributed by atoms with Crippen molar-refractivity contribution in [3.05, 3.63) is 11.9 Å². The number of nitrogens with zero attached hydrogens (tertiary/aromatic N) is 4. The van der Waals surface area contributed by atoms with Crippen molar-refractivity contribution in [2.75, 3.05) is 4.90 Å². The Morgan fingerprint density at radius 2 is 2.00 bits per heavy atom. The molecular weight excluding hydrogens is 308 g/mol. The lowest BCUT2D eigenvalue weighted by Crippen LogP contribution is -2.47. The van der Waals surface area contributed by atoms with Crippen molar-refractivity contribution in [2.24, 2.45) is 0 Å². The average Bonchev–Trinajstić information content (AvgIpc) is 2.99. The van der Waals surface area contributed by atoms with Gasteiger partial charge in [0.15, 0.2) is 0 Å². The first kappa shape index (κ1) is 16.8. The minimum atomic E-state index is -0.531. The smallest absolute Gasteiger partial charge is 0.410 e. The van der Waals surface area contributed by atoms with Gasteiger partial charge in [-0.1, -0.05) is 0 Å². The van der Waals surface area contributed by atoms with Gasteiger partial charge in [-0.2, -0.15) is 5.10 Å². The summed E-state index contributed by atoms with van der Waals surface area (Å²) in [6.07, 6.45) is 2.85. The summed E-state index contributed by atoms with van der Waals surface area (Å²) in [5.41, 5.74) is 1.20. The first-order valence-electron chi connectivity index (χ1n) is 8.53. The maximum absolute atomic E-state index is 12.5. The van der Waals surface area contributed by atoms with Gasteiger partial charge in [0.25, 0.3) is 0 Å². The molecule has 2 amide bonds. The van der Waals surface area contributed by atoms with Gasteiger partial charge in [-0.15, -0.1) is 0 Å². The number of carbonyl (C=O) groups is 2. The largest absolute Gasteiger partial charge is 0.444 e. The molecule has 2 aliphatic heterocycles. The molecule has 7 heteroatoms. The van der Waals surface area contributed by atoms with E-state index in [0.29, 0.717) is 19.5 Å². The van der Waals surface area contributed by atoms with E-state index in [1.165, 1.54) is 0 Å². The highest BCUT2D eigenvalue weighted by atomic mass is 16.6. The third kappa shape index (κ3) is 2.99. The van der Waals surface area contributed by atoms with E-state index >= 15 is 0 Å². The van der Waals surface area contributed by atoms with Crippen LogP contribution in [0.25, 0.3) is 0 Å². The van der Waals surface area contributed by atoms with Crippen molar-refractivity contribution < 1.29 is 14.3 Å². The van der Waals surface area contributed by atoms with Crippen LogP contribution in [0, 0.1) is 0 Å². The molecule has 0 spiro atoms. The fraction of sp³-hybridized carbons (Fsp3) is 0.706. The molecule has 0 unspecified atom stereocenters. The zero-order chi connectivity index (χ0) is 17.6. The molecule has 0 radical (unpaired) electrons. The van der Waals surface area contributed by atoms with Crippen LogP contribution >= 0.6 is 0 Å². The van der Waals surface area contributed by atoms with Crippen molar-refractivity contribution in [1.29, 1.82) is 0 Å². The van der Waals surface area contributed by atoms with Crippen LogP contribution in [0.4, 0.5) is 10.5 Å². The lowest BCUT2D eigenvalue weighted by atomic mass is 10.1. The summed E-state index contributed by atoms with van der Waals surface area (Å²) in [7, 11) is 0. The molecule has 7 nitrogen and oxygen atoms in total. The highest BCUT2D eigenvalue weighted by Crippen LogP contribution is 2.33. The highest BCUT2D eigenvalue weighted by Gasteiger charge is 2.37. The average molecular weight is 334 g/mol. The van der Waals surface area contributed by atoms with Crippen LogP contribution in [0.15, 0.2) is 6.20 Å². The Morgan fingerprint density at radius 1 is 1.29 bits per heavy atom. The standard InChI is InChI=1S/C17H26N4O3/c1-11-6-7-15(22)21(11)13-8-18-20-9-12(2)19(10-14(13)20)16(23)24-17(3,4)5/h8,11-12H,6-7,9-10H2,1-5H3/t11-,12-/m0/s1. The number of fused-ring (bicyclic) bond motifs is 1. The third-order valence-electron chi connectivity index (χ3n) is 4.59. The van der Waals surface area contributed by atoms with Crippen molar-refractivity contribution in [3.8, 4) is 0 Å². The first-order chi connectivity index (χ1) is 11.2. The zero-order valence-corrected chi connectivity index (χ0v) is 15.1. The Bertz CT molecular complexity index is 661. The quantitative estimate of drug-likeness (QED) is 0.791. The van der Waals surface area contributed by atoms with Crippen LogP contribution in [0.2, 0.25) is 0 Å². The lowest BCUT2D eigenvalue weighted by Gasteiger charge is -2.36. The number of aromatic nitrogens is 2. The van der Waals surface area contributed by atoms with Crippen molar-refractivity contribution in [1.82, 2.24) is 14.7 Å². The van der Waals surface area contributed by atoms with Gasteiger partial charge in [-0.05, 0) is 41.0 Å². The summed E-state index contributed by atoms with van der Waals surface area (Å²) in [5.74, 6) is 0.126. The summed E-state index contributed by atoms with van der Waals surface area (Å²) in [5, 5.41) is 4.43. The summed E-state index contributed by atoms with van der Waals surface area (Å²) in [4.78, 5) is 28.3. The summed E-state index contributed by atoms with van der Waals surface area (Å²) >= 11 is 0. The Balaban J connectivity index is 1.87. The third-order valence-corrected chi connectivity index (χ3v) is 4.59. The lowest BCUT2D eigenvalue weighted by molar-refractivity contribution is -0.117. The normalized spacial score (nSPS) is 24.3. The van der Waals surface area contributed by atoms with Crippen LogP contribution in [-0.2, 0) is 22.6 Å². The number of amides is 2. The molecular formula is C17H26N4O3. The molecule has 2 atom stereocenters. The molecule has 3 rings (SSSR count). The fourth-order valence-electron chi connectivity index (χ4n) is 3.35. The topological polar surface area (TPSA) is 67.7 Å². The van der Waals surface area contributed by atoms with Gasteiger partial charge in [0.1, 0.15) is 5.60 Å². The van der Waals surface area contributed by atoms with Gasteiger partial charge in [0, 0.05) is 12.5 Å². The first-order valence-corrected chi connectivity index (χ1v) is 8.53. The zero-order valence-electron chi connectivity index (χ0n) is 15.1. The number of carbonyl (C=O) groups excluding carboxylic acids is 2. The summed E-state index contributed by atoms with van der Waals surface area (Å²) in [6.45, 7) is 10.6. The summed E-state index contributed by atoms with van der Waals surface area (Å²) < 4.78 is 7.43. The molecule has 0 saturated carbocycles.